The number of nitrogens with zero attached hydrogens (tertiary/aromatic N) is 5. The summed E-state index contributed by atoms with van der Waals surface area (Å²) in [5.74, 6) is -0.693. The van der Waals surface area contributed by atoms with Crippen LogP contribution in [0.25, 0.3) is 11.1 Å². The van der Waals surface area contributed by atoms with E-state index in [-0.39, 0.29) is 40.2 Å². The zero-order chi connectivity index (χ0) is 22.3. The lowest BCUT2D eigenvalue weighted by Crippen LogP contribution is -2.42. The van der Waals surface area contributed by atoms with Crippen molar-refractivity contribution in [3.8, 4) is 0 Å². The normalized spacial score (nSPS) is 18.5. The maximum absolute atomic E-state index is 13.7. The van der Waals surface area contributed by atoms with Crippen LogP contribution >= 0.6 is 0 Å². The van der Waals surface area contributed by atoms with Crippen LogP contribution in [0.4, 0.5) is 13.2 Å². The van der Waals surface area contributed by atoms with E-state index in [4.69, 9.17) is 4.52 Å². The Morgan fingerprint density at radius 3 is 2.77 bits per heavy atom. The number of alkyl halides is 3. The maximum Gasteiger partial charge on any atom is 0.417 e. The molecule has 1 amide bonds. The van der Waals surface area contributed by atoms with Crippen molar-refractivity contribution in [2.24, 2.45) is 5.92 Å². The third-order valence-electron chi connectivity index (χ3n) is 5.68. The van der Waals surface area contributed by atoms with E-state index in [9.17, 15) is 18.0 Å². The highest BCUT2D eigenvalue weighted by atomic mass is 19.4. The molecule has 1 aliphatic heterocycles. The molecule has 1 aliphatic rings. The summed E-state index contributed by atoms with van der Waals surface area (Å²) in [5.41, 5.74) is 0.401. The van der Waals surface area contributed by atoms with E-state index in [1.165, 1.54) is 6.92 Å². The summed E-state index contributed by atoms with van der Waals surface area (Å²) >= 11 is 0. The van der Waals surface area contributed by atoms with Crippen LogP contribution in [0.3, 0.4) is 0 Å². The van der Waals surface area contributed by atoms with Crippen molar-refractivity contribution in [3.63, 3.8) is 0 Å². The number of halogens is 3. The van der Waals surface area contributed by atoms with E-state index < -0.39 is 11.7 Å². The number of hydrogen-bond donors (Lipinski definition) is 0. The Morgan fingerprint density at radius 1 is 1.32 bits per heavy atom. The predicted molar refractivity (Wildman–Crippen MR) is 106 cm³/mol. The molecule has 3 aromatic rings. The van der Waals surface area contributed by atoms with Crippen LogP contribution in [0.2, 0.25) is 0 Å². The number of likely N-dealkylation sites (tertiary alicyclic amines) is 1. The Labute approximate surface area is 177 Å². The molecule has 2 atom stereocenters. The minimum atomic E-state index is -4.55. The summed E-state index contributed by atoms with van der Waals surface area (Å²) in [4.78, 5) is 18.8. The van der Waals surface area contributed by atoms with Crippen LogP contribution < -0.4 is 0 Å². The van der Waals surface area contributed by atoms with Crippen molar-refractivity contribution >= 4 is 17.0 Å². The second-order valence-corrected chi connectivity index (χ2v) is 8.26. The monoisotopic (exact) mass is 435 g/mol. The van der Waals surface area contributed by atoms with E-state index in [0.717, 1.165) is 11.8 Å². The first kappa shape index (κ1) is 21.3. The number of amides is 1. The number of carbonyl (C=O) groups excluding carboxylic acids is 1. The van der Waals surface area contributed by atoms with Gasteiger partial charge < -0.3 is 9.42 Å². The van der Waals surface area contributed by atoms with Crippen LogP contribution in [0.15, 0.2) is 22.9 Å². The molecule has 0 bridgehead atoms. The molecule has 1 saturated heterocycles. The first-order valence-electron chi connectivity index (χ1n) is 10.3. The molecule has 4 heterocycles. The lowest BCUT2D eigenvalue weighted by atomic mass is 9.91. The number of rotatable bonds is 4. The van der Waals surface area contributed by atoms with Gasteiger partial charge in [-0.15, -0.1) is 0 Å². The minimum absolute atomic E-state index is 0.0457. The summed E-state index contributed by atoms with van der Waals surface area (Å²) < 4.78 is 47.9. The van der Waals surface area contributed by atoms with Gasteiger partial charge in [0.2, 0.25) is 5.91 Å². The van der Waals surface area contributed by atoms with Gasteiger partial charge in [-0.3, -0.25) is 9.48 Å². The van der Waals surface area contributed by atoms with Crippen LogP contribution in [0.5, 0.6) is 0 Å². The standard InChI is InChI=1S/C21H24F3N5O2/c1-12(10-29-8-6-13(2)26-29)20(30)28-7-4-5-15(11-28)18-17-16(21(22,23)24)9-14(3)25-19(17)31-27-18/h6,8-9,12,15H,4-5,7,10-11H2,1-3H3. The molecule has 0 saturated carbocycles. The van der Waals surface area contributed by atoms with Crippen molar-refractivity contribution in [3.05, 3.63) is 41.0 Å². The van der Waals surface area contributed by atoms with E-state index in [0.29, 0.717) is 32.5 Å². The Kier molecular flexibility index (Phi) is 5.49. The molecule has 4 rings (SSSR count). The fourth-order valence-electron chi connectivity index (χ4n) is 4.23. The summed E-state index contributed by atoms with van der Waals surface area (Å²) in [6, 6.07) is 2.89. The molecule has 7 nitrogen and oxygen atoms in total. The van der Waals surface area contributed by atoms with Crippen molar-refractivity contribution in [1.82, 2.24) is 24.8 Å². The lowest BCUT2D eigenvalue weighted by Gasteiger charge is -2.33. The molecule has 2 unspecified atom stereocenters. The number of aryl methyl sites for hydroxylation is 2. The van der Waals surface area contributed by atoms with Gasteiger partial charge in [0.1, 0.15) is 0 Å². The zero-order valence-electron chi connectivity index (χ0n) is 17.6. The fourth-order valence-corrected chi connectivity index (χ4v) is 4.23. The Morgan fingerprint density at radius 2 is 2.10 bits per heavy atom. The number of aromatic nitrogens is 4. The highest BCUT2D eigenvalue weighted by Crippen LogP contribution is 2.40. The molecule has 0 aliphatic carbocycles. The van der Waals surface area contributed by atoms with Gasteiger partial charge in [-0.1, -0.05) is 12.1 Å². The summed E-state index contributed by atoms with van der Waals surface area (Å²) in [5, 5.41) is 8.17. The SMILES string of the molecule is Cc1cc(C(F)(F)F)c2c(C3CCCN(C(=O)C(C)Cn4ccc(C)n4)C3)noc2n1. The Hall–Kier alpha value is -2.91. The molecular weight excluding hydrogens is 411 g/mol. The molecule has 1 fully saturated rings. The van der Waals surface area contributed by atoms with Crippen LogP contribution in [0.1, 0.15) is 48.3 Å². The summed E-state index contributed by atoms with van der Waals surface area (Å²) in [6.07, 6.45) is -1.41. The third-order valence-corrected chi connectivity index (χ3v) is 5.68. The summed E-state index contributed by atoms with van der Waals surface area (Å²) in [7, 11) is 0. The van der Waals surface area contributed by atoms with Gasteiger partial charge in [0.25, 0.3) is 5.71 Å². The van der Waals surface area contributed by atoms with Crippen molar-refractivity contribution in [1.29, 1.82) is 0 Å². The fraction of sp³-hybridized carbons (Fsp3) is 0.524. The predicted octanol–water partition coefficient (Wildman–Crippen LogP) is 4.10. The number of fused-ring (bicyclic) bond motifs is 1. The lowest BCUT2D eigenvalue weighted by molar-refractivity contribution is -0.137. The van der Waals surface area contributed by atoms with Crippen LogP contribution in [-0.4, -0.2) is 43.8 Å². The average Bonchev–Trinajstić information content (AvgIpc) is 3.31. The number of carbonyl (C=O) groups is 1. The topological polar surface area (TPSA) is 77.0 Å². The number of hydrogen-bond acceptors (Lipinski definition) is 5. The van der Waals surface area contributed by atoms with Crippen LogP contribution in [0, 0.1) is 19.8 Å². The third kappa shape index (κ3) is 4.28. The molecule has 0 spiro atoms. The summed E-state index contributed by atoms with van der Waals surface area (Å²) in [6.45, 7) is 6.52. The number of piperidine rings is 1. The van der Waals surface area contributed by atoms with E-state index in [1.54, 1.807) is 9.58 Å². The number of pyridine rings is 1. The second-order valence-electron chi connectivity index (χ2n) is 8.26. The van der Waals surface area contributed by atoms with E-state index in [1.807, 2.05) is 26.1 Å². The minimum Gasteiger partial charge on any atom is -0.342 e. The van der Waals surface area contributed by atoms with Crippen molar-refractivity contribution in [2.75, 3.05) is 13.1 Å². The Balaban J connectivity index is 1.57. The van der Waals surface area contributed by atoms with Gasteiger partial charge in [0.05, 0.1) is 34.8 Å². The van der Waals surface area contributed by atoms with Gasteiger partial charge in [0.15, 0.2) is 0 Å². The molecule has 0 aromatic carbocycles. The van der Waals surface area contributed by atoms with Gasteiger partial charge >= 0.3 is 6.18 Å². The smallest absolute Gasteiger partial charge is 0.342 e. The van der Waals surface area contributed by atoms with Crippen LogP contribution in [-0.2, 0) is 17.5 Å². The van der Waals surface area contributed by atoms with E-state index in [2.05, 4.69) is 15.2 Å². The van der Waals surface area contributed by atoms with Gasteiger partial charge in [-0.25, -0.2) is 4.98 Å². The Bertz CT molecular complexity index is 1100. The second kappa shape index (κ2) is 7.97. The highest BCUT2D eigenvalue weighted by molar-refractivity contribution is 5.82. The zero-order valence-corrected chi connectivity index (χ0v) is 17.6. The first-order chi connectivity index (χ1) is 14.6. The van der Waals surface area contributed by atoms with Gasteiger partial charge in [0, 0.05) is 30.9 Å². The molecule has 10 heteroatoms. The first-order valence-corrected chi connectivity index (χ1v) is 10.3. The quantitative estimate of drug-likeness (QED) is 0.617. The molecule has 31 heavy (non-hydrogen) atoms. The molecule has 0 N–H and O–H groups in total. The largest absolute Gasteiger partial charge is 0.417 e. The maximum atomic E-state index is 13.7. The van der Waals surface area contributed by atoms with Gasteiger partial charge in [-0.2, -0.15) is 18.3 Å². The van der Waals surface area contributed by atoms with Crippen molar-refractivity contribution < 1.29 is 22.5 Å². The molecule has 166 valence electrons. The van der Waals surface area contributed by atoms with E-state index >= 15 is 0 Å². The molecule has 0 radical (unpaired) electrons. The van der Waals surface area contributed by atoms with Crippen molar-refractivity contribution in [2.45, 2.75) is 52.3 Å². The highest BCUT2D eigenvalue weighted by Gasteiger charge is 2.38. The molecular formula is C21H24F3N5O2. The average molecular weight is 435 g/mol. The van der Waals surface area contributed by atoms with Gasteiger partial charge in [-0.05, 0) is 38.8 Å². The molecule has 3 aromatic heterocycles.